The minimum absolute atomic E-state index is 0.208. The van der Waals surface area contributed by atoms with Crippen LogP contribution in [0.2, 0.25) is 0 Å². The van der Waals surface area contributed by atoms with E-state index < -0.39 is 17.9 Å². The molecule has 3 aromatic carbocycles. The van der Waals surface area contributed by atoms with Gasteiger partial charge in [0.25, 0.3) is 0 Å². The first-order chi connectivity index (χ1) is 23.9. The molecule has 0 heterocycles. The van der Waals surface area contributed by atoms with E-state index in [0.29, 0.717) is 60.2 Å². The molecule has 10 nitrogen and oxygen atoms in total. The molecule has 0 aromatic heterocycles. The zero-order chi connectivity index (χ0) is 34.7. The van der Waals surface area contributed by atoms with Crippen molar-refractivity contribution >= 4 is 17.9 Å². The Morgan fingerprint density at radius 1 is 0.449 bits per heavy atom. The standard InChI is InChI=1S/C39H44O10/c40-25-5-1-3-7-27-45-32-15-9-29(10-16-32)37(42)47-34-19-13-31(14-20-34)39(44)49-36-23-21-35(22-24-36)48-38(43)30-11-17-33(18-12-30)46-28-8-4-2-6-26-41/h9-21,23,40-41H,1-8,22,24-28H2. The molecule has 4 rings (SSSR count). The first-order valence-corrected chi connectivity index (χ1v) is 16.8. The van der Waals surface area contributed by atoms with E-state index in [4.69, 9.17) is 33.9 Å². The lowest BCUT2D eigenvalue weighted by atomic mass is 10.1. The van der Waals surface area contributed by atoms with Gasteiger partial charge >= 0.3 is 17.9 Å². The van der Waals surface area contributed by atoms with Crippen molar-refractivity contribution < 1.29 is 48.3 Å². The topological polar surface area (TPSA) is 138 Å². The van der Waals surface area contributed by atoms with Crippen molar-refractivity contribution in [2.45, 2.75) is 64.2 Å². The van der Waals surface area contributed by atoms with Gasteiger partial charge in [0.1, 0.15) is 28.8 Å². The fourth-order valence-electron chi connectivity index (χ4n) is 4.84. The number of aliphatic hydroxyl groups excluding tert-OH is 2. The number of allylic oxidation sites excluding steroid dienone is 4. The molecule has 2 N–H and O–H groups in total. The van der Waals surface area contributed by atoms with Gasteiger partial charge in [-0.25, -0.2) is 14.4 Å². The van der Waals surface area contributed by atoms with E-state index in [2.05, 4.69) is 0 Å². The van der Waals surface area contributed by atoms with Gasteiger partial charge in [-0.2, -0.15) is 0 Å². The third-order valence-electron chi connectivity index (χ3n) is 7.64. The maximum Gasteiger partial charge on any atom is 0.343 e. The maximum absolute atomic E-state index is 12.7. The molecule has 0 fully saturated rings. The summed E-state index contributed by atoms with van der Waals surface area (Å²) in [4.78, 5) is 37.9. The van der Waals surface area contributed by atoms with E-state index in [1.165, 1.54) is 24.3 Å². The van der Waals surface area contributed by atoms with E-state index in [-0.39, 0.29) is 24.5 Å². The molecule has 1 aliphatic rings. The molecule has 0 saturated carbocycles. The zero-order valence-corrected chi connectivity index (χ0v) is 27.6. The van der Waals surface area contributed by atoms with E-state index in [9.17, 15) is 14.4 Å². The van der Waals surface area contributed by atoms with Crippen LogP contribution >= 0.6 is 0 Å². The summed E-state index contributed by atoms with van der Waals surface area (Å²) in [5.74, 6) is 0.931. The minimum atomic E-state index is -0.561. The van der Waals surface area contributed by atoms with Crippen LogP contribution in [0.15, 0.2) is 96.5 Å². The van der Waals surface area contributed by atoms with Crippen LogP contribution in [-0.2, 0) is 9.47 Å². The van der Waals surface area contributed by atoms with Crippen LogP contribution in [0.5, 0.6) is 17.2 Å². The zero-order valence-electron chi connectivity index (χ0n) is 27.6. The van der Waals surface area contributed by atoms with Crippen LogP contribution < -0.4 is 14.2 Å². The molecular formula is C39H44O10. The van der Waals surface area contributed by atoms with Crippen molar-refractivity contribution in [1.82, 2.24) is 0 Å². The SMILES string of the molecule is O=C(OC1=CC=C(OC(=O)c2ccc(OC(=O)c3ccc(OCCCCCCO)cc3)cc2)CC1)c1ccc(OCCCCCCO)cc1. The Balaban J connectivity index is 1.18. The average molecular weight is 673 g/mol. The second-order valence-corrected chi connectivity index (χ2v) is 11.5. The molecule has 260 valence electrons. The van der Waals surface area contributed by atoms with Crippen LogP contribution in [0.25, 0.3) is 0 Å². The lowest BCUT2D eigenvalue weighted by molar-refractivity contribution is 0.0571. The molecule has 49 heavy (non-hydrogen) atoms. The number of carbonyl (C=O) groups is 3. The summed E-state index contributed by atoms with van der Waals surface area (Å²) in [6.45, 7) is 1.56. The first kappa shape index (κ1) is 36.9. The van der Waals surface area contributed by atoms with Crippen LogP contribution in [0.3, 0.4) is 0 Å². The van der Waals surface area contributed by atoms with Crippen molar-refractivity contribution in [3.63, 3.8) is 0 Å². The Morgan fingerprint density at radius 3 is 1.16 bits per heavy atom. The van der Waals surface area contributed by atoms with E-state index in [0.717, 1.165) is 51.4 Å². The van der Waals surface area contributed by atoms with Crippen molar-refractivity contribution in [2.24, 2.45) is 0 Å². The van der Waals surface area contributed by atoms with Gasteiger partial charge in [0.05, 0.1) is 29.9 Å². The number of rotatable bonds is 20. The minimum Gasteiger partial charge on any atom is -0.494 e. The third-order valence-corrected chi connectivity index (χ3v) is 7.64. The molecule has 0 unspecified atom stereocenters. The molecule has 10 heteroatoms. The van der Waals surface area contributed by atoms with Crippen LogP contribution in [0.1, 0.15) is 95.3 Å². The number of esters is 3. The predicted octanol–water partition coefficient (Wildman–Crippen LogP) is 7.34. The monoisotopic (exact) mass is 672 g/mol. The summed E-state index contributed by atoms with van der Waals surface area (Å²) in [5, 5.41) is 17.7. The summed E-state index contributed by atoms with van der Waals surface area (Å²) in [5.41, 5.74) is 1.04. The van der Waals surface area contributed by atoms with Gasteiger partial charge in [0.15, 0.2) is 0 Å². The quantitative estimate of drug-likeness (QED) is 0.0712. The molecule has 0 radical (unpaired) electrons. The van der Waals surface area contributed by atoms with Gasteiger partial charge in [-0.1, -0.05) is 12.8 Å². The molecule has 3 aromatic rings. The Morgan fingerprint density at radius 2 is 0.796 bits per heavy atom. The number of unbranched alkanes of at least 4 members (excludes halogenated alkanes) is 6. The Bertz CT molecular complexity index is 1540. The summed E-state index contributed by atoms with van der Waals surface area (Å²) in [6.07, 6.45) is 11.3. The Hall–Kier alpha value is -4.93. The van der Waals surface area contributed by atoms with Crippen molar-refractivity contribution in [2.75, 3.05) is 26.4 Å². The molecule has 1 aliphatic carbocycles. The highest BCUT2D eigenvalue weighted by atomic mass is 16.5. The molecule has 0 aliphatic heterocycles. The van der Waals surface area contributed by atoms with Crippen molar-refractivity contribution in [1.29, 1.82) is 0 Å². The second-order valence-electron chi connectivity index (χ2n) is 11.5. The summed E-state index contributed by atoms with van der Waals surface area (Å²) in [6, 6.07) is 19.5. The normalized spacial score (nSPS) is 12.4. The number of carbonyl (C=O) groups excluding carboxylic acids is 3. The average Bonchev–Trinajstić information content (AvgIpc) is 3.13. The highest BCUT2D eigenvalue weighted by Gasteiger charge is 2.17. The van der Waals surface area contributed by atoms with Gasteiger partial charge in [-0.3, -0.25) is 0 Å². The molecular weight excluding hydrogens is 628 g/mol. The van der Waals surface area contributed by atoms with Crippen LogP contribution in [0, 0.1) is 0 Å². The van der Waals surface area contributed by atoms with E-state index >= 15 is 0 Å². The molecule has 0 saturated heterocycles. The fourth-order valence-corrected chi connectivity index (χ4v) is 4.84. The summed E-state index contributed by atoms with van der Waals surface area (Å²) >= 11 is 0. The molecule has 0 atom stereocenters. The lowest BCUT2D eigenvalue weighted by Gasteiger charge is -2.15. The predicted molar refractivity (Wildman–Crippen MR) is 183 cm³/mol. The van der Waals surface area contributed by atoms with Gasteiger partial charge in [-0.15, -0.1) is 0 Å². The van der Waals surface area contributed by atoms with Crippen molar-refractivity contribution in [3.8, 4) is 17.2 Å². The van der Waals surface area contributed by atoms with Gasteiger partial charge < -0.3 is 33.9 Å². The Kier molecular flexibility index (Phi) is 15.4. The van der Waals surface area contributed by atoms with Gasteiger partial charge in [-0.05, 0) is 123 Å². The summed E-state index contributed by atoms with van der Waals surface area (Å²) in [7, 11) is 0. The largest absolute Gasteiger partial charge is 0.494 e. The maximum atomic E-state index is 12.7. The summed E-state index contributed by atoms with van der Waals surface area (Å²) < 4.78 is 27.9. The first-order valence-electron chi connectivity index (χ1n) is 16.8. The van der Waals surface area contributed by atoms with Crippen molar-refractivity contribution in [3.05, 3.63) is 113 Å². The van der Waals surface area contributed by atoms with Gasteiger partial charge in [0, 0.05) is 26.1 Å². The van der Waals surface area contributed by atoms with Gasteiger partial charge in [0.2, 0.25) is 0 Å². The lowest BCUT2D eigenvalue weighted by Crippen LogP contribution is -2.11. The highest BCUT2D eigenvalue weighted by Crippen LogP contribution is 2.24. The highest BCUT2D eigenvalue weighted by molar-refractivity contribution is 5.92. The Labute approximate surface area is 286 Å². The molecule has 0 amide bonds. The second kappa shape index (κ2) is 20.4. The number of hydrogen-bond donors (Lipinski definition) is 2. The molecule has 0 spiro atoms. The van der Waals surface area contributed by atoms with Crippen LogP contribution in [-0.4, -0.2) is 54.5 Å². The number of hydrogen-bond acceptors (Lipinski definition) is 10. The third kappa shape index (κ3) is 12.9. The fraction of sp³-hybridized carbons (Fsp3) is 0.359. The number of ether oxygens (including phenoxy) is 5. The molecule has 0 bridgehead atoms. The van der Waals surface area contributed by atoms with Crippen LogP contribution in [0.4, 0.5) is 0 Å². The number of aliphatic hydroxyl groups is 2. The van der Waals surface area contributed by atoms with E-state index in [1.807, 2.05) is 0 Å². The smallest absolute Gasteiger partial charge is 0.343 e. The number of benzene rings is 3. The van der Waals surface area contributed by atoms with E-state index in [1.54, 1.807) is 60.7 Å².